The SMILES string of the molecule is CC(C)CNC(=O)[C@H](C)NC(=O)[C@H](C)NC(=O)[C@H](C)NC(=O)OCc1ccccc1. The third-order valence-electron chi connectivity index (χ3n) is 4.13. The fourth-order valence-electron chi connectivity index (χ4n) is 2.27. The lowest BCUT2D eigenvalue weighted by Gasteiger charge is -2.20. The summed E-state index contributed by atoms with van der Waals surface area (Å²) in [5.41, 5.74) is 0.821. The van der Waals surface area contributed by atoms with Crippen LogP contribution in [0.5, 0.6) is 0 Å². The van der Waals surface area contributed by atoms with E-state index in [9.17, 15) is 19.2 Å². The predicted molar refractivity (Wildman–Crippen MR) is 112 cm³/mol. The number of nitrogens with one attached hydrogen (secondary N) is 4. The lowest BCUT2D eigenvalue weighted by atomic mass is 10.2. The summed E-state index contributed by atoms with van der Waals surface area (Å²) in [5.74, 6) is -1.06. The van der Waals surface area contributed by atoms with Crippen LogP contribution < -0.4 is 21.3 Å². The summed E-state index contributed by atoms with van der Waals surface area (Å²) >= 11 is 0. The van der Waals surface area contributed by atoms with Gasteiger partial charge >= 0.3 is 6.09 Å². The van der Waals surface area contributed by atoms with E-state index in [0.717, 1.165) is 5.56 Å². The third-order valence-corrected chi connectivity index (χ3v) is 4.13. The van der Waals surface area contributed by atoms with Crippen molar-refractivity contribution in [3.63, 3.8) is 0 Å². The molecule has 166 valence electrons. The van der Waals surface area contributed by atoms with Crippen molar-refractivity contribution in [2.75, 3.05) is 6.54 Å². The molecule has 4 N–H and O–H groups in total. The Bertz CT molecular complexity index is 723. The summed E-state index contributed by atoms with van der Waals surface area (Å²) in [4.78, 5) is 48.2. The summed E-state index contributed by atoms with van der Waals surface area (Å²) in [6.07, 6.45) is -0.742. The number of hydrogen-bond donors (Lipinski definition) is 4. The maximum absolute atomic E-state index is 12.2. The lowest BCUT2D eigenvalue weighted by Crippen LogP contribution is -2.54. The summed E-state index contributed by atoms with van der Waals surface area (Å²) in [6.45, 7) is 9.06. The summed E-state index contributed by atoms with van der Waals surface area (Å²) in [5, 5.41) is 10.2. The maximum Gasteiger partial charge on any atom is 0.408 e. The van der Waals surface area contributed by atoms with E-state index in [1.807, 2.05) is 44.2 Å². The molecule has 9 nitrogen and oxygen atoms in total. The highest BCUT2D eigenvalue weighted by molar-refractivity contribution is 5.93. The van der Waals surface area contributed by atoms with Crippen LogP contribution in [-0.2, 0) is 25.7 Å². The van der Waals surface area contributed by atoms with Crippen molar-refractivity contribution in [1.29, 1.82) is 0 Å². The molecule has 0 bridgehead atoms. The van der Waals surface area contributed by atoms with Crippen LogP contribution in [0.1, 0.15) is 40.2 Å². The Labute approximate surface area is 177 Å². The van der Waals surface area contributed by atoms with Crippen molar-refractivity contribution < 1.29 is 23.9 Å². The van der Waals surface area contributed by atoms with Crippen LogP contribution in [0.15, 0.2) is 30.3 Å². The highest BCUT2D eigenvalue weighted by Gasteiger charge is 2.24. The highest BCUT2D eigenvalue weighted by atomic mass is 16.5. The Morgan fingerprint density at radius 2 is 1.27 bits per heavy atom. The molecule has 4 amide bonds. The molecule has 3 atom stereocenters. The van der Waals surface area contributed by atoms with Gasteiger partial charge in [-0.25, -0.2) is 4.79 Å². The number of ether oxygens (including phenoxy) is 1. The van der Waals surface area contributed by atoms with E-state index in [1.165, 1.54) is 13.8 Å². The standard InChI is InChI=1S/C21H32N4O5/c1-13(2)11-22-18(26)14(3)23-19(27)15(4)24-20(28)16(5)25-21(29)30-12-17-9-7-6-8-10-17/h6-10,13-16H,11-12H2,1-5H3,(H,22,26)(H,23,27)(H,24,28)(H,25,29)/t14-,15-,16-/m0/s1. The van der Waals surface area contributed by atoms with Gasteiger partial charge in [0, 0.05) is 6.54 Å². The van der Waals surface area contributed by atoms with Gasteiger partial charge in [0.05, 0.1) is 0 Å². The molecular weight excluding hydrogens is 388 g/mol. The summed E-state index contributed by atoms with van der Waals surface area (Å²) in [6, 6.07) is 6.60. The normalized spacial score (nSPS) is 13.5. The zero-order valence-corrected chi connectivity index (χ0v) is 18.2. The second kappa shape index (κ2) is 12.5. The van der Waals surface area contributed by atoms with Gasteiger partial charge < -0.3 is 26.0 Å². The molecule has 0 saturated carbocycles. The molecule has 0 unspecified atom stereocenters. The van der Waals surface area contributed by atoms with E-state index in [-0.39, 0.29) is 12.5 Å². The molecule has 0 aliphatic rings. The first-order valence-corrected chi connectivity index (χ1v) is 9.95. The van der Waals surface area contributed by atoms with E-state index in [0.29, 0.717) is 12.5 Å². The minimum atomic E-state index is -0.907. The van der Waals surface area contributed by atoms with Gasteiger partial charge in [0.2, 0.25) is 17.7 Å². The van der Waals surface area contributed by atoms with Crippen molar-refractivity contribution in [2.45, 2.75) is 59.4 Å². The fourth-order valence-corrected chi connectivity index (χ4v) is 2.27. The number of hydrogen-bond acceptors (Lipinski definition) is 5. The first-order valence-electron chi connectivity index (χ1n) is 9.95. The van der Waals surface area contributed by atoms with Gasteiger partial charge in [-0.05, 0) is 32.3 Å². The Hall–Kier alpha value is -3.10. The van der Waals surface area contributed by atoms with Crippen molar-refractivity contribution in [1.82, 2.24) is 21.3 Å². The molecule has 1 aromatic rings. The Morgan fingerprint density at radius 3 is 1.80 bits per heavy atom. The van der Waals surface area contributed by atoms with Crippen LogP contribution in [0.2, 0.25) is 0 Å². The first kappa shape index (κ1) is 24.9. The van der Waals surface area contributed by atoms with E-state index < -0.39 is 36.0 Å². The van der Waals surface area contributed by atoms with Gasteiger partial charge in [0.15, 0.2) is 0 Å². The predicted octanol–water partition coefficient (Wildman–Crippen LogP) is 1.08. The molecule has 30 heavy (non-hydrogen) atoms. The molecule has 1 rings (SSSR count). The second-order valence-electron chi connectivity index (χ2n) is 7.53. The third kappa shape index (κ3) is 9.40. The average molecular weight is 421 g/mol. The lowest BCUT2D eigenvalue weighted by molar-refractivity contribution is -0.131. The number of alkyl carbamates (subject to hydrolysis) is 1. The van der Waals surface area contributed by atoms with E-state index >= 15 is 0 Å². The Morgan fingerprint density at radius 1 is 0.767 bits per heavy atom. The number of carbonyl (C=O) groups excluding carboxylic acids is 4. The highest BCUT2D eigenvalue weighted by Crippen LogP contribution is 2.01. The van der Waals surface area contributed by atoms with Crippen LogP contribution in [0, 0.1) is 5.92 Å². The quantitative estimate of drug-likeness (QED) is 0.451. The zero-order valence-electron chi connectivity index (χ0n) is 18.2. The molecular formula is C21H32N4O5. The molecule has 0 radical (unpaired) electrons. The van der Waals surface area contributed by atoms with Crippen LogP contribution in [0.4, 0.5) is 4.79 Å². The van der Waals surface area contributed by atoms with Crippen LogP contribution in [0.3, 0.4) is 0 Å². The maximum atomic E-state index is 12.2. The minimum absolute atomic E-state index is 0.0799. The molecule has 0 heterocycles. The van der Waals surface area contributed by atoms with E-state index in [4.69, 9.17) is 4.74 Å². The van der Waals surface area contributed by atoms with E-state index in [1.54, 1.807) is 6.92 Å². The zero-order chi connectivity index (χ0) is 22.7. The van der Waals surface area contributed by atoms with Crippen LogP contribution in [-0.4, -0.2) is 48.5 Å². The van der Waals surface area contributed by atoms with Gasteiger partial charge in [-0.2, -0.15) is 0 Å². The van der Waals surface area contributed by atoms with Crippen LogP contribution in [0.25, 0.3) is 0 Å². The Balaban J connectivity index is 2.39. The molecule has 0 aliphatic heterocycles. The van der Waals surface area contributed by atoms with Crippen molar-refractivity contribution in [2.24, 2.45) is 5.92 Å². The smallest absolute Gasteiger partial charge is 0.408 e. The first-order chi connectivity index (χ1) is 14.1. The number of amides is 4. The van der Waals surface area contributed by atoms with Gasteiger partial charge in [0.1, 0.15) is 24.7 Å². The average Bonchev–Trinajstić information content (AvgIpc) is 2.70. The summed E-state index contributed by atoms with van der Waals surface area (Å²) < 4.78 is 5.07. The second-order valence-corrected chi connectivity index (χ2v) is 7.53. The molecule has 0 saturated heterocycles. The minimum Gasteiger partial charge on any atom is -0.445 e. The van der Waals surface area contributed by atoms with E-state index in [2.05, 4.69) is 21.3 Å². The van der Waals surface area contributed by atoms with Gasteiger partial charge in [-0.1, -0.05) is 44.2 Å². The van der Waals surface area contributed by atoms with Gasteiger partial charge in [-0.15, -0.1) is 0 Å². The van der Waals surface area contributed by atoms with Gasteiger partial charge in [0.25, 0.3) is 0 Å². The fraction of sp³-hybridized carbons (Fsp3) is 0.524. The monoisotopic (exact) mass is 420 g/mol. The molecule has 1 aromatic carbocycles. The van der Waals surface area contributed by atoms with Gasteiger partial charge in [-0.3, -0.25) is 14.4 Å². The number of benzene rings is 1. The van der Waals surface area contributed by atoms with Crippen molar-refractivity contribution in [3.05, 3.63) is 35.9 Å². The van der Waals surface area contributed by atoms with Crippen molar-refractivity contribution >= 4 is 23.8 Å². The number of rotatable bonds is 10. The largest absolute Gasteiger partial charge is 0.445 e. The topological polar surface area (TPSA) is 126 Å². The molecule has 9 heteroatoms. The Kier molecular flexibility index (Phi) is 10.4. The number of carbonyl (C=O) groups is 4. The van der Waals surface area contributed by atoms with Crippen molar-refractivity contribution in [3.8, 4) is 0 Å². The molecule has 0 aliphatic carbocycles. The molecule has 0 spiro atoms. The van der Waals surface area contributed by atoms with Crippen LogP contribution >= 0.6 is 0 Å². The molecule has 0 fully saturated rings. The molecule has 0 aromatic heterocycles. The summed E-state index contributed by atoms with van der Waals surface area (Å²) in [7, 11) is 0.